The number of carboxylic acid groups (broad SMARTS) is 1. The Bertz CT molecular complexity index is 798. The van der Waals surface area contributed by atoms with Gasteiger partial charge in [-0.1, -0.05) is 54.1 Å². The van der Waals surface area contributed by atoms with Gasteiger partial charge in [-0.05, 0) is 40.8 Å². The van der Waals surface area contributed by atoms with Crippen molar-refractivity contribution in [1.82, 2.24) is 5.32 Å². The zero-order valence-electron chi connectivity index (χ0n) is 12.1. The highest BCUT2D eigenvalue weighted by atomic mass is 35.5. The van der Waals surface area contributed by atoms with Crippen LogP contribution in [0.3, 0.4) is 0 Å². The molecule has 4 nitrogen and oxygen atoms in total. The number of allylic oxidation sites excluding steroid dienone is 1. The van der Waals surface area contributed by atoms with Crippen molar-refractivity contribution in [2.45, 2.75) is 12.0 Å². The molecule has 0 heterocycles. The second-order valence-electron chi connectivity index (χ2n) is 5.40. The first-order chi connectivity index (χ1) is 11.0. The lowest BCUT2D eigenvalue weighted by Gasteiger charge is -2.30. The van der Waals surface area contributed by atoms with Crippen LogP contribution in [0.4, 0.5) is 4.79 Å². The highest BCUT2D eigenvalue weighted by Gasteiger charge is 2.35. The first-order valence-corrected chi connectivity index (χ1v) is 7.46. The maximum absolute atomic E-state index is 11.6. The van der Waals surface area contributed by atoms with Gasteiger partial charge in [0.15, 0.2) is 6.29 Å². The van der Waals surface area contributed by atoms with Crippen molar-refractivity contribution in [3.05, 3.63) is 70.8 Å². The van der Waals surface area contributed by atoms with E-state index in [4.69, 9.17) is 16.7 Å². The number of halogens is 1. The molecule has 0 saturated carbocycles. The molecule has 3 rings (SSSR count). The Morgan fingerprint density at radius 2 is 1.87 bits per heavy atom. The molecule has 0 bridgehead atoms. The van der Waals surface area contributed by atoms with Gasteiger partial charge in [-0.2, -0.15) is 0 Å². The SMILES string of the molecule is O=C[C@]1(NC(=O)O)C=CCc2cc(-c3ccc(Cl)cc3)ccc21. The fourth-order valence-corrected chi connectivity index (χ4v) is 2.99. The largest absolute Gasteiger partial charge is 0.465 e. The second-order valence-corrected chi connectivity index (χ2v) is 5.84. The fraction of sp³-hybridized carbons (Fsp3) is 0.111. The number of carbonyl (C=O) groups is 2. The van der Waals surface area contributed by atoms with E-state index >= 15 is 0 Å². The Hall–Kier alpha value is -2.59. The smallest absolute Gasteiger partial charge is 0.405 e. The number of hydrogen-bond donors (Lipinski definition) is 2. The van der Waals surface area contributed by atoms with Gasteiger partial charge in [0.05, 0.1) is 0 Å². The molecular weight excluding hydrogens is 314 g/mol. The van der Waals surface area contributed by atoms with Crippen LogP contribution in [0.25, 0.3) is 11.1 Å². The molecule has 1 atom stereocenters. The normalized spacial score (nSPS) is 19.0. The van der Waals surface area contributed by atoms with Gasteiger partial charge in [0.2, 0.25) is 0 Å². The molecule has 0 aliphatic heterocycles. The predicted octanol–water partition coefficient (Wildman–Crippen LogP) is 3.78. The lowest BCUT2D eigenvalue weighted by Crippen LogP contribution is -2.46. The van der Waals surface area contributed by atoms with E-state index in [1.54, 1.807) is 18.2 Å². The number of amides is 1. The number of benzene rings is 2. The van der Waals surface area contributed by atoms with Crippen molar-refractivity contribution >= 4 is 24.0 Å². The zero-order chi connectivity index (χ0) is 16.4. The van der Waals surface area contributed by atoms with Crippen LogP contribution in [0.1, 0.15) is 11.1 Å². The van der Waals surface area contributed by atoms with E-state index < -0.39 is 11.6 Å². The highest BCUT2D eigenvalue weighted by Crippen LogP contribution is 2.33. The van der Waals surface area contributed by atoms with Crippen LogP contribution in [-0.2, 0) is 16.8 Å². The van der Waals surface area contributed by atoms with Crippen LogP contribution >= 0.6 is 11.6 Å². The van der Waals surface area contributed by atoms with E-state index in [2.05, 4.69) is 5.32 Å². The molecule has 1 aliphatic carbocycles. The summed E-state index contributed by atoms with van der Waals surface area (Å²) in [6.45, 7) is 0. The molecule has 2 N–H and O–H groups in total. The molecule has 0 unspecified atom stereocenters. The number of carbonyl (C=O) groups excluding carboxylic acids is 1. The van der Waals surface area contributed by atoms with Crippen LogP contribution in [0.5, 0.6) is 0 Å². The Balaban J connectivity index is 2.06. The van der Waals surface area contributed by atoms with Gasteiger partial charge in [0, 0.05) is 5.02 Å². The number of aldehydes is 1. The third-order valence-electron chi connectivity index (χ3n) is 3.95. The van der Waals surface area contributed by atoms with Crippen molar-refractivity contribution < 1.29 is 14.7 Å². The molecule has 5 heteroatoms. The van der Waals surface area contributed by atoms with E-state index in [1.807, 2.05) is 36.4 Å². The van der Waals surface area contributed by atoms with Crippen LogP contribution in [0, 0.1) is 0 Å². The van der Waals surface area contributed by atoms with E-state index in [1.165, 1.54) is 0 Å². The lowest BCUT2D eigenvalue weighted by atomic mass is 9.81. The zero-order valence-corrected chi connectivity index (χ0v) is 12.9. The Morgan fingerprint density at radius 1 is 1.17 bits per heavy atom. The van der Waals surface area contributed by atoms with Crippen LogP contribution in [-0.4, -0.2) is 17.5 Å². The monoisotopic (exact) mass is 327 g/mol. The van der Waals surface area contributed by atoms with Crippen molar-refractivity contribution in [1.29, 1.82) is 0 Å². The quantitative estimate of drug-likeness (QED) is 0.666. The average molecular weight is 328 g/mol. The maximum atomic E-state index is 11.6. The number of hydrogen-bond acceptors (Lipinski definition) is 2. The molecule has 1 aliphatic rings. The standard InChI is InChI=1S/C18H14ClNO3/c19-15-6-3-12(4-7-15)13-5-8-16-14(10-13)2-1-9-18(16,11-21)20-17(22)23/h1,3-11,20H,2H2,(H,22,23)/t18-/m1/s1. The molecular formula is C18H14ClNO3. The summed E-state index contributed by atoms with van der Waals surface area (Å²) in [5, 5.41) is 12.0. The molecule has 0 spiro atoms. The van der Waals surface area contributed by atoms with Gasteiger partial charge < -0.3 is 10.4 Å². The Labute approximate surface area is 138 Å². The van der Waals surface area contributed by atoms with Crippen molar-refractivity contribution in [2.75, 3.05) is 0 Å². The Kier molecular flexibility index (Phi) is 3.92. The molecule has 0 radical (unpaired) electrons. The lowest BCUT2D eigenvalue weighted by molar-refractivity contribution is -0.112. The fourth-order valence-electron chi connectivity index (χ4n) is 2.87. The summed E-state index contributed by atoms with van der Waals surface area (Å²) in [5.41, 5.74) is 2.26. The third-order valence-corrected chi connectivity index (χ3v) is 4.20. The molecule has 2 aromatic rings. The number of nitrogens with one attached hydrogen (secondary N) is 1. The second kappa shape index (κ2) is 5.89. The summed E-state index contributed by atoms with van der Waals surface area (Å²) in [6.07, 6.45) is 3.43. The molecule has 116 valence electrons. The first kappa shape index (κ1) is 15.3. The van der Waals surface area contributed by atoms with Gasteiger partial charge in [-0.15, -0.1) is 0 Å². The summed E-state index contributed by atoms with van der Waals surface area (Å²) in [6, 6.07) is 13.1. The molecule has 1 amide bonds. The van der Waals surface area contributed by atoms with Gasteiger partial charge in [-0.25, -0.2) is 4.79 Å². The van der Waals surface area contributed by atoms with Gasteiger partial charge in [0.1, 0.15) is 5.54 Å². The minimum atomic E-state index is -1.32. The summed E-state index contributed by atoms with van der Waals surface area (Å²) < 4.78 is 0. The summed E-state index contributed by atoms with van der Waals surface area (Å²) in [4.78, 5) is 22.6. The minimum Gasteiger partial charge on any atom is -0.465 e. The predicted molar refractivity (Wildman–Crippen MR) is 88.6 cm³/mol. The van der Waals surface area contributed by atoms with Gasteiger partial charge >= 0.3 is 6.09 Å². The van der Waals surface area contributed by atoms with Gasteiger partial charge in [-0.3, -0.25) is 4.79 Å². The van der Waals surface area contributed by atoms with Crippen LogP contribution in [0.2, 0.25) is 5.02 Å². The van der Waals surface area contributed by atoms with Crippen molar-refractivity contribution in [3.63, 3.8) is 0 Å². The van der Waals surface area contributed by atoms with E-state index in [9.17, 15) is 9.59 Å². The summed E-state index contributed by atoms with van der Waals surface area (Å²) in [5.74, 6) is 0. The van der Waals surface area contributed by atoms with E-state index in [0.717, 1.165) is 16.7 Å². The van der Waals surface area contributed by atoms with Gasteiger partial charge in [0.25, 0.3) is 0 Å². The molecule has 0 aromatic heterocycles. The molecule has 2 aromatic carbocycles. The number of fused-ring (bicyclic) bond motifs is 1. The topological polar surface area (TPSA) is 66.4 Å². The Morgan fingerprint density at radius 3 is 2.52 bits per heavy atom. The molecule has 23 heavy (non-hydrogen) atoms. The van der Waals surface area contributed by atoms with Crippen LogP contribution in [0.15, 0.2) is 54.6 Å². The average Bonchev–Trinajstić information content (AvgIpc) is 2.54. The molecule has 0 fully saturated rings. The van der Waals surface area contributed by atoms with Crippen LogP contribution < -0.4 is 5.32 Å². The van der Waals surface area contributed by atoms with E-state index in [0.29, 0.717) is 23.3 Å². The van der Waals surface area contributed by atoms with Crippen molar-refractivity contribution in [3.8, 4) is 11.1 Å². The molecule has 0 saturated heterocycles. The van der Waals surface area contributed by atoms with Crippen molar-refractivity contribution in [2.24, 2.45) is 0 Å². The number of rotatable bonds is 3. The maximum Gasteiger partial charge on any atom is 0.405 e. The van der Waals surface area contributed by atoms with E-state index in [-0.39, 0.29) is 0 Å². The minimum absolute atomic E-state index is 0.623. The summed E-state index contributed by atoms with van der Waals surface area (Å²) in [7, 11) is 0. The third kappa shape index (κ3) is 2.85. The first-order valence-electron chi connectivity index (χ1n) is 7.08. The highest BCUT2D eigenvalue weighted by molar-refractivity contribution is 6.30. The summed E-state index contributed by atoms with van der Waals surface area (Å²) >= 11 is 5.91.